The van der Waals surface area contributed by atoms with E-state index in [1.807, 2.05) is 18.2 Å². The van der Waals surface area contributed by atoms with Gasteiger partial charge in [0.25, 0.3) is 0 Å². The number of benzene rings is 1. The molecule has 21 heavy (non-hydrogen) atoms. The van der Waals surface area contributed by atoms with Crippen molar-refractivity contribution in [2.75, 3.05) is 20.2 Å². The second kappa shape index (κ2) is 7.25. The zero-order valence-electron chi connectivity index (χ0n) is 13.3. The number of β-amino-alcohol motifs (C(OH)–C–C–N with tert-alkyl or cyclic N) is 1. The maximum atomic E-state index is 10.2. The van der Waals surface area contributed by atoms with Gasteiger partial charge in [-0.3, -0.25) is 4.90 Å². The van der Waals surface area contributed by atoms with Crippen molar-refractivity contribution in [3.63, 3.8) is 0 Å². The van der Waals surface area contributed by atoms with Crippen LogP contribution in [0.15, 0.2) is 24.3 Å². The number of nitrogens with two attached hydrogens (primary N) is 1. The smallest absolute Gasteiger partial charge is 0.123 e. The Morgan fingerprint density at radius 2 is 2.14 bits per heavy atom. The summed E-state index contributed by atoms with van der Waals surface area (Å²) in [5.41, 5.74) is 7.53. The van der Waals surface area contributed by atoms with Gasteiger partial charge in [0.2, 0.25) is 0 Å². The molecule has 1 heterocycles. The Balaban J connectivity index is 2.30. The van der Waals surface area contributed by atoms with Crippen LogP contribution in [0, 0.1) is 5.92 Å². The fourth-order valence-corrected chi connectivity index (χ4v) is 3.16. The molecule has 0 aromatic heterocycles. The molecule has 1 aromatic carbocycles. The molecule has 4 unspecified atom stereocenters. The van der Waals surface area contributed by atoms with E-state index in [0.717, 1.165) is 30.7 Å². The van der Waals surface area contributed by atoms with E-state index in [2.05, 4.69) is 24.8 Å². The van der Waals surface area contributed by atoms with Crippen molar-refractivity contribution in [1.82, 2.24) is 4.90 Å². The molecule has 4 nitrogen and oxygen atoms in total. The number of piperidine rings is 1. The van der Waals surface area contributed by atoms with Gasteiger partial charge in [-0.25, -0.2) is 0 Å². The number of nitrogens with zero attached hydrogens (tertiary/aromatic N) is 1. The fourth-order valence-electron chi connectivity index (χ4n) is 3.16. The summed E-state index contributed by atoms with van der Waals surface area (Å²) in [6, 6.07) is 8.19. The van der Waals surface area contributed by atoms with Crippen LogP contribution in [0.1, 0.15) is 38.3 Å². The molecule has 4 atom stereocenters. The zero-order chi connectivity index (χ0) is 15.4. The summed E-state index contributed by atoms with van der Waals surface area (Å²) in [5.74, 6) is 1.23. The number of hydrogen-bond donors (Lipinski definition) is 2. The van der Waals surface area contributed by atoms with Crippen LogP contribution in [0.3, 0.4) is 0 Å². The number of likely N-dealkylation sites (tertiary alicyclic amines) is 1. The molecule has 0 amide bonds. The largest absolute Gasteiger partial charge is 0.496 e. The van der Waals surface area contributed by atoms with E-state index in [1.54, 1.807) is 7.11 Å². The minimum atomic E-state index is -0.278. The highest BCUT2D eigenvalue weighted by molar-refractivity contribution is 5.37. The van der Waals surface area contributed by atoms with Gasteiger partial charge in [-0.1, -0.05) is 32.0 Å². The van der Waals surface area contributed by atoms with Crippen LogP contribution in [0.4, 0.5) is 0 Å². The maximum absolute atomic E-state index is 10.2. The average molecular weight is 292 g/mol. The number of rotatable bonds is 5. The lowest BCUT2D eigenvalue weighted by atomic mass is 9.90. The van der Waals surface area contributed by atoms with E-state index in [1.165, 1.54) is 0 Å². The van der Waals surface area contributed by atoms with Gasteiger partial charge in [-0.05, 0) is 31.4 Å². The van der Waals surface area contributed by atoms with Crippen LogP contribution in [0.5, 0.6) is 5.75 Å². The van der Waals surface area contributed by atoms with Crippen LogP contribution < -0.4 is 10.5 Å². The summed E-state index contributed by atoms with van der Waals surface area (Å²) in [6.45, 7) is 5.86. The number of methoxy groups -OCH3 is 1. The minimum Gasteiger partial charge on any atom is -0.496 e. The van der Waals surface area contributed by atoms with Gasteiger partial charge in [-0.15, -0.1) is 0 Å². The summed E-state index contributed by atoms with van der Waals surface area (Å²) in [4.78, 5) is 2.32. The van der Waals surface area contributed by atoms with Gasteiger partial charge in [-0.2, -0.15) is 0 Å². The lowest BCUT2D eigenvalue weighted by Gasteiger charge is -2.42. The molecule has 0 radical (unpaired) electrons. The highest BCUT2D eigenvalue weighted by Crippen LogP contribution is 2.34. The van der Waals surface area contributed by atoms with Gasteiger partial charge in [0.1, 0.15) is 5.75 Å². The molecule has 118 valence electrons. The second-order valence-corrected chi connectivity index (χ2v) is 6.09. The Hall–Kier alpha value is -1.10. The van der Waals surface area contributed by atoms with Crippen LogP contribution >= 0.6 is 0 Å². The van der Waals surface area contributed by atoms with E-state index in [4.69, 9.17) is 10.5 Å². The molecular formula is C17H28N2O2. The monoisotopic (exact) mass is 292 g/mol. The van der Waals surface area contributed by atoms with Crippen molar-refractivity contribution in [1.29, 1.82) is 0 Å². The molecule has 1 aliphatic rings. The normalized spacial score (nSPS) is 26.3. The van der Waals surface area contributed by atoms with Crippen molar-refractivity contribution in [3.05, 3.63) is 29.8 Å². The molecular weight excluding hydrogens is 264 g/mol. The Morgan fingerprint density at radius 1 is 1.43 bits per heavy atom. The first-order chi connectivity index (χ1) is 10.1. The second-order valence-electron chi connectivity index (χ2n) is 6.09. The van der Waals surface area contributed by atoms with Gasteiger partial charge < -0.3 is 15.6 Å². The quantitative estimate of drug-likeness (QED) is 0.873. The molecule has 0 saturated carbocycles. The van der Waals surface area contributed by atoms with Crippen molar-refractivity contribution in [2.24, 2.45) is 11.7 Å². The van der Waals surface area contributed by atoms with Crippen LogP contribution in [-0.4, -0.2) is 42.4 Å². The fraction of sp³-hybridized carbons (Fsp3) is 0.647. The first-order valence-electron chi connectivity index (χ1n) is 7.89. The summed E-state index contributed by atoms with van der Waals surface area (Å²) in [7, 11) is 1.69. The van der Waals surface area contributed by atoms with Crippen LogP contribution in [0.2, 0.25) is 0 Å². The predicted molar refractivity (Wildman–Crippen MR) is 85.4 cm³/mol. The van der Waals surface area contributed by atoms with E-state index < -0.39 is 0 Å². The molecule has 3 N–H and O–H groups in total. The summed E-state index contributed by atoms with van der Waals surface area (Å²) >= 11 is 0. The highest BCUT2D eigenvalue weighted by atomic mass is 16.5. The van der Waals surface area contributed by atoms with Crippen molar-refractivity contribution >= 4 is 0 Å². The van der Waals surface area contributed by atoms with E-state index in [0.29, 0.717) is 12.5 Å². The van der Waals surface area contributed by atoms with E-state index in [9.17, 15) is 5.11 Å². The molecule has 1 aromatic rings. The van der Waals surface area contributed by atoms with Gasteiger partial charge >= 0.3 is 0 Å². The Morgan fingerprint density at radius 3 is 2.76 bits per heavy atom. The van der Waals surface area contributed by atoms with Crippen LogP contribution in [-0.2, 0) is 0 Å². The number of para-hydroxylation sites is 1. The standard InChI is InChI=1S/C17H28N2O2/c1-4-14(18)17(13-7-5-6-8-16(13)21-3)19-10-9-12(2)15(20)11-19/h5-8,12,14-15,17,20H,4,9-11,18H2,1-3H3. The third kappa shape index (κ3) is 3.57. The third-order valence-corrected chi connectivity index (χ3v) is 4.68. The third-order valence-electron chi connectivity index (χ3n) is 4.68. The highest BCUT2D eigenvalue weighted by Gasteiger charge is 2.33. The topological polar surface area (TPSA) is 58.7 Å². The van der Waals surface area contributed by atoms with Crippen molar-refractivity contribution in [2.45, 2.75) is 44.9 Å². The van der Waals surface area contributed by atoms with E-state index in [-0.39, 0.29) is 18.2 Å². The first-order valence-corrected chi connectivity index (χ1v) is 7.89. The SMILES string of the molecule is CCC(N)C(c1ccccc1OC)N1CCC(C)C(O)C1. The summed E-state index contributed by atoms with van der Waals surface area (Å²) in [5, 5.41) is 10.2. The number of aliphatic hydroxyl groups excluding tert-OH is 1. The van der Waals surface area contributed by atoms with Crippen molar-refractivity contribution in [3.8, 4) is 5.75 Å². The first kappa shape index (κ1) is 16.3. The summed E-state index contributed by atoms with van der Waals surface area (Å²) in [6.07, 6.45) is 1.62. The lowest BCUT2D eigenvalue weighted by molar-refractivity contribution is 0.00350. The van der Waals surface area contributed by atoms with Crippen molar-refractivity contribution < 1.29 is 9.84 Å². The molecule has 0 spiro atoms. The average Bonchev–Trinajstić information content (AvgIpc) is 2.51. The predicted octanol–water partition coefficient (Wildman–Crippen LogP) is 2.18. The number of aliphatic hydroxyl groups is 1. The Labute approximate surface area is 127 Å². The molecule has 4 heteroatoms. The van der Waals surface area contributed by atoms with Gasteiger partial charge in [0.05, 0.1) is 19.3 Å². The molecule has 1 fully saturated rings. The van der Waals surface area contributed by atoms with Crippen LogP contribution in [0.25, 0.3) is 0 Å². The molecule has 1 aliphatic heterocycles. The van der Waals surface area contributed by atoms with E-state index >= 15 is 0 Å². The Bertz CT molecular complexity index is 452. The maximum Gasteiger partial charge on any atom is 0.123 e. The zero-order valence-corrected chi connectivity index (χ0v) is 13.3. The lowest BCUT2D eigenvalue weighted by Crippen LogP contribution is -2.49. The van der Waals surface area contributed by atoms with Gasteiger partial charge in [0.15, 0.2) is 0 Å². The summed E-state index contributed by atoms with van der Waals surface area (Å²) < 4.78 is 5.52. The molecule has 1 saturated heterocycles. The molecule has 2 rings (SSSR count). The molecule has 0 aliphatic carbocycles. The minimum absolute atomic E-state index is 0.0295. The van der Waals surface area contributed by atoms with Gasteiger partial charge in [0, 0.05) is 18.2 Å². The number of ether oxygens (including phenoxy) is 1. The molecule has 0 bridgehead atoms. The Kier molecular flexibility index (Phi) is 5.62. The number of hydrogen-bond acceptors (Lipinski definition) is 4.